The zero-order chi connectivity index (χ0) is 12.5. The Hall–Kier alpha value is -1.13. The number of hydrogen-bond acceptors (Lipinski definition) is 3. The maximum Gasteiger partial charge on any atom is 0.338 e. The van der Waals surface area contributed by atoms with Gasteiger partial charge in [-0.15, -0.1) is 0 Å². The molecule has 0 N–H and O–H groups in total. The SMILES string of the molecule is C[C@]1(F)[C@@H](Cl)OC[C@H]1OC(=O)c1ccccc1. The molecular weight excluding hydrogens is 247 g/mol. The highest BCUT2D eigenvalue weighted by atomic mass is 35.5. The molecule has 1 aromatic rings. The van der Waals surface area contributed by atoms with Crippen LogP contribution < -0.4 is 0 Å². The molecular formula is C12H12ClFO3. The molecule has 0 radical (unpaired) electrons. The first kappa shape index (κ1) is 12.3. The summed E-state index contributed by atoms with van der Waals surface area (Å²) in [7, 11) is 0. The zero-order valence-electron chi connectivity index (χ0n) is 9.23. The number of alkyl halides is 2. The first-order chi connectivity index (χ1) is 8.01. The van der Waals surface area contributed by atoms with Crippen LogP contribution in [-0.2, 0) is 9.47 Å². The van der Waals surface area contributed by atoms with Gasteiger partial charge in [0.25, 0.3) is 0 Å². The van der Waals surface area contributed by atoms with Crippen LogP contribution in [0.5, 0.6) is 0 Å². The van der Waals surface area contributed by atoms with Gasteiger partial charge in [-0.2, -0.15) is 0 Å². The van der Waals surface area contributed by atoms with Gasteiger partial charge in [-0.3, -0.25) is 0 Å². The largest absolute Gasteiger partial charge is 0.453 e. The third-order valence-electron chi connectivity index (χ3n) is 2.73. The molecule has 1 aliphatic heterocycles. The van der Waals surface area contributed by atoms with Crippen LogP contribution in [0.15, 0.2) is 30.3 Å². The van der Waals surface area contributed by atoms with Gasteiger partial charge in [0.2, 0.25) is 0 Å². The number of esters is 1. The summed E-state index contributed by atoms with van der Waals surface area (Å²) in [6.07, 6.45) is -0.974. The van der Waals surface area contributed by atoms with Gasteiger partial charge in [-0.25, -0.2) is 9.18 Å². The summed E-state index contributed by atoms with van der Waals surface area (Å²) in [6, 6.07) is 8.41. The van der Waals surface area contributed by atoms with Crippen molar-refractivity contribution >= 4 is 17.6 Å². The molecule has 0 spiro atoms. The molecule has 1 fully saturated rings. The van der Waals surface area contributed by atoms with E-state index < -0.39 is 23.3 Å². The Bertz CT molecular complexity index is 407. The quantitative estimate of drug-likeness (QED) is 0.604. The molecule has 0 aliphatic carbocycles. The smallest absolute Gasteiger partial charge is 0.338 e. The summed E-state index contributed by atoms with van der Waals surface area (Å²) in [5.41, 5.74) is -2.58. The highest BCUT2D eigenvalue weighted by Crippen LogP contribution is 2.34. The van der Waals surface area contributed by atoms with Crippen LogP contribution in [0, 0.1) is 0 Å². The van der Waals surface area contributed by atoms with E-state index in [0.717, 1.165) is 0 Å². The van der Waals surface area contributed by atoms with Crippen molar-refractivity contribution in [2.45, 2.75) is 24.3 Å². The van der Waals surface area contributed by atoms with E-state index in [2.05, 4.69) is 0 Å². The minimum absolute atomic E-state index is 0.0280. The number of ether oxygens (including phenoxy) is 2. The van der Waals surface area contributed by atoms with Crippen LogP contribution in [-0.4, -0.2) is 29.9 Å². The molecule has 92 valence electrons. The lowest BCUT2D eigenvalue weighted by Gasteiger charge is -2.22. The molecule has 0 unspecified atom stereocenters. The number of benzene rings is 1. The molecule has 0 aromatic heterocycles. The average Bonchev–Trinajstić information content (AvgIpc) is 2.57. The average molecular weight is 259 g/mol. The van der Waals surface area contributed by atoms with E-state index in [-0.39, 0.29) is 6.61 Å². The first-order valence-electron chi connectivity index (χ1n) is 5.22. The summed E-state index contributed by atoms with van der Waals surface area (Å²) in [5, 5.41) is 0. The Balaban J connectivity index is 2.06. The fourth-order valence-corrected chi connectivity index (χ4v) is 1.78. The topological polar surface area (TPSA) is 35.5 Å². The Morgan fingerprint density at radius 2 is 2.18 bits per heavy atom. The summed E-state index contributed by atoms with van der Waals surface area (Å²) in [5.74, 6) is -0.575. The summed E-state index contributed by atoms with van der Waals surface area (Å²) in [6.45, 7) is 1.24. The van der Waals surface area contributed by atoms with Crippen LogP contribution in [0.4, 0.5) is 4.39 Å². The molecule has 0 saturated carbocycles. The van der Waals surface area contributed by atoms with E-state index >= 15 is 0 Å². The summed E-state index contributed by atoms with van der Waals surface area (Å²) >= 11 is 5.64. The lowest BCUT2D eigenvalue weighted by Crippen LogP contribution is -2.40. The standard InChI is InChI=1S/C12H12ClFO3/c1-12(14)9(7-16-11(12)13)17-10(15)8-5-3-2-4-6-8/h2-6,9,11H,7H2,1H3/t9-,11+,12-/m1/s1. The Labute approximate surface area is 103 Å². The highest BCUT2D eigenvalue weighted by molar-refractivity contribution is 6.20. The minimum atomic E-state index is -1.87. The van der Waals surface area contributed by atoms with Crippen molar-refractivity contribution in [1.29, 1.82) is 0 Å². The number of carbonyl (C=O) groups is 1. The number of carbonyl (C=O) groups excluding carboxylic acids is 1. The van der Waals surface area contributed by atoms with E-state index in [1.54, 1.807) is 30.3 Å². The molecule has 3 nitrogen and oxygen atoms in total. The Morgan fingerprint density at radius 3 is 2.71 bits per heavy atom. The van der Waals surface area contributed by atoms with Crippen molar-refractivity contribution in [3.8, 4) is 0 Å². The maximum absolute atomic E-state index is 14.0. The van der Waals surface area contributed by atoms with Crippen molar-refractivity contribution < 1.29 is 18.7 Å². The molecule has 5 heteroatoms. The second kappa shape index (κ2) is 4.63. The van der Waals surface area contributed by atoms with Gasteiger partial charge in [0.1, 0.15) is 0 Å². The molecule has 1 aromatic carbocycles. The number of rotatable bonds is 2. The van der Waals surface area contributed by atoms with Crippen LogP contribution in [0.25, 0.3) is 0 Å². The van der Waals surface area contributed by atoms with Gasteiger partial charge >= 0.3 is 5.97 Å². The first-order valence-corrected chi connectivity index (χ1v) is 5.66. The normalized spacial score (nSPS) is 32.4. The molecule has 1 heterocycles. The number of hydrogen-bond donors (Lipinski definition) is 0. The molecule has 17 heavy (non-hydrogen) atoms. The van der Waals surface area contributed by atoms with Crippen LogP contribution in [0.3, 0.4) is 0 Å². The third kappa shape index (κ3) is 2.42. The van der Waals surface area contributed by atoms with E-state index in [4.69, 9.17) is 21.1 Å². The fraction of sp³-hybridized carbons (Fsp3) is 0.417. The van der Waals surface area contributed by atoms with Crippen LogP contribution >= 0.6 is 11.6 Å². The van der Waals surface area contributed by atoms with Crippen molar-refractivity contribution in [1.82, 2.24) is 0 Å². The van der Waals surface area contributed by atoms with Gasteiger partial charge in [-0.1, -0.05) is 29.8 Å². The van der Waals surface area contributed by atoms with E-state index in [1.807, 2.05) is 0 Å². The van der Waals surface area contributed by atoms with Crippen LogP contribution in [0.1, 0.15) is 17.3 Å². The van der Waals surface area contributed by atoms with Crippen molar-refractivity contribution in [2.24, 2.45) is 0 Å². The second-order valence-electron chi connectivity index (χ2n) is 4.06. The maximum atomic E-state index is 14.0. The summed E-state index contributed by atoms with van der Waals surface area (Å²) < 4.78 is 24.0. The molecule has 0 bridgehead atoms. The molecule has 2 rings (SSSR count). The predicted molar refractivity (Wildman–Crippen MR) is 60.8 cm³/mol. The fourth-order valence-electron chi connectivity index (χ4n) is 1.56. The molecule has 0 amide bonds. The Morgan fingerprint density at radius 1 is 1.53 bits per heavy atom. The molecule has 3 atom stereocenters. The van der Waals surface area contributed by atoms with Crippen molar-refractivity contribution in [2.75, 3.05) is 6.61 Å². The second-order valence-corrected chi connectivity index (χ2v) is 4.46. The van der Waals surface area contributed by atoms with Gasteiger partial charge < -0.3 is 9.47 Å². The van der Waals surface area contributed by atoms with E-state index in [1.165, 1.54) is 6.92 Å². The van der Waals surface area contributed by atoms with Gasteiger partial charge in [0, 0.05) is 0 Å². The van der Waals surface area contributed by atoms with Crippen LogP contribution in [0.2, 0.25) is 0 Å². The molecule has 1 saturated heterocycles. The van der Waals surface area contributed by atoms with Crippen molar-refractivity contribution in [3.05, 3.63) is 35.9 Å². The number of halogens is 2. The summed E-state index contributed by atoms with van der Waals surface area (Å²) in [4.78, 5) is 11.7. The zero-order valence-corrected chi connectivity index (χ0v) is 9.99. The van der Waals surface area contributed by atoms with Gasteiger partial charge in [0.15, 0.2) is 17.3 Å². The predicted octanol–water partition coefficient (Wildman–Crippen LogP) is 2.54. The van der Waals surface area contributed by atoms with E-state index in [0.29, 0.717) is 5.56 Å². The highest BCUT2D eigenvalue weighted by Gasteiger charge is 2.50. The van der Waals surface area contributed by atoms with E-state index in [9.17, 15) is 9.18 Å². The van der Waals surface area contributed by atoms with Gasteiger partial charge in [-0.05, 0) is 19.1 Å². The van der Waals surface area contributed by atoms with Crippen molar-refractivity contribution in [3.63, 3.8) is 0 Å². The monoisotopic (exact) mass is 258 g/mol. The lowest BCUT2D eigenvalue weighted by molar-refractivity contribution is -0.00841. The van der Waals surface area contributed by atoms with Gasteiger partial charge in [0.05, 0.1) is 12.2 Å². The Kier molecular flexibility index (Phi) is 3.35. The minimum Gasteiger partial charge on any atom is -0.453 e. The lowest BCUT2D eigenvalue weighted by atomic mass is 10.1. The molecule has 1 aliphatic rings. The third-order valence-corrected chi connectivity index (χ3v) is 3.28.